The van der Waals surface area contributed by atoms with Crippen LogP contribution in [0.3, 0.4) is 0 Å². The van der Waals surface area contributed by atoms with E-state index >= 15 is 0 Å². The van der Waals surface area contributed by atoms with Gasteiger partial charge >= 0.3 is 0 Å². The summed E-state index contributed by atoms with van der Waals surface area (Å²) >= 11 is 3.20. The highest BCUT2D eigenvalue weighted by molar-refractivity contribution is 9.10. The van der Waals surface area contributed by atoms with Crippen molar-refractivity contribution < 1.29 is 9.18 Å². The summed E-state index contributed by atoms with van der Waals surface area (Å²) in [4.78, 5) is 16.5. The van der Waals surface area contributed by atoms with Crippen molar-refractivity contribution in [2.45, 2.75) is 0 Å². The molecule has 0 bridgehead atoms. The molecule has 3 nitrogen and oxygen atoms in total. The van der Waals surface area contributed by atoms with Gasteiger partial charge in [0.2, 0.25) is 0 Å². The van der Waals surface area contributed by atoms with Crippen molar-refractivity contribution >= 4 is 27.5 Å². The molecule has 3 aromatic rings. The van der Waals surface area contributed by atoms with Crippen LogP contribution in [0.15, 0.2) is 71.3 Å². The van der Waals surface area contributed by atoms with Crippen molar-refractivity contribution in [2.75, 3.05) is 5.32 Å². The second-order valence-electron chi connectivity index (χ2n) is 5.12. The zero-order valence-electron chi connectivity index (χ0n) is 13.0. The lowest BCUT2D eigenvalue weighted by atomic mass is 10.1. The van der Waals surface area contributed by atoms with Gasteiger partial charge in [-0.25, -0.2) is 9.37 Å². The van der Waals surface area contributed by atoms with Crippen molar-refractivity contribution in [1.82, 2.24) is 4.98 Å². The molecule has 1 heterocycles. The van der Waals surface area contributed by atoms with Crippen LogP contribution in [0.25, 0.3) is 0 Å². The number of nitrogens with one attached hydrogen (secondary N) is 1. The number of pyridine rings is 1. The fourth-order valence-electron chi connectivity index (χ4n) is 2.12. The Balaban J connectivity index is 1.78. The Bertz CT molecular complexity index is 978. The first kappa shape index (κ1) is 16.9. The molecule has 3 rings (SSSR count). The van der Waals surface area contributed by atoms with Gasteiger partial charge in [0.15, 0.2) is 0 Å². The minimum absolute atomic E-state index is 0.332. The molecule has 5 heteroatoms. The van der Waals surface area contributed by atoms with E-state index in [9.17, 15) is 9.18 Å². The van der Waals surface area contributed by atoms with Gasteiger partial charge in [-0.05, 0) is 70.4 Å². The van der Waals surface area contributed by atoms with E-state index in [0.29, 0.717) is 21.4 Å². The molecule has 122 valence electrons. The smallest absolute Gasteiger partial charge is 0.256 e. The average Bonchev–Trinajstić information content (AvgIpc) is 2.61. The molecule has 0 spiro atoms. The van der Waals surface area contributed by atoms with Gasteiger partial charge in [-0.2, -0.15) is 0 Å². The third-order valence-corrected chi connectivity index (χ3v) is 3.95. The van der Waals surface area contributed by atoms with E-state index in [-0.39, 0.29) is 5.91 Å². The van der Waals surface area contributed by atoms with Gasteiger partial charge in [-0.3, -0.25) is 4.79 Å². The normalized spacial score (nSPS) is 9.84. The SMILES string of the molecule is O=C(Nc1cccc(C#Cc2ccccn2)c1)c1ccc(F)cc1Br. The molecule has 25 heavy (non-hydrogen) atoms. The maximum Gasteiger partial charge on any atom is 0.256 e. The number of carbonyl (C=O) groups is 1. The summed E-state index contributed by atoms with van der Waals surface area (Å²) in [5, 5.41) is 2.78. The number of amides is 1. The Hall–Kier alpha value is -2.97. The van der Waals surface area contributed by atoms with Gasteiger partial charge in [0.05, 0.1) is 5.56 Å². The molecule has 1 N–H and O–H groups in total. The number of carbonyl (C=O) groups excluding carboxylic acids is 1. The van der Waals surface area contributed by atoms with E-state index in [1.165, 1.54) is 18.2 Å². The van der Waals surface area contributed by atoms with E-state index in [1.54, 1.807) is 24.4 Å². The second kappa shape index (κ2) is 7.73. The number of aromatic nitrogens is 1. The molecule has 0 aliphatic carbocycles. The fourth-order valence-corrected chi connectivity index (χ4v) is 2.65. The Morgan fingerprint density at radius 3 is 2.68 bits per heavy atom. The van der Waals surface area contributed by atoms with E-state index in [4.69, 9.17) is 0 Å². The number of halogens is 2. The van der Waals surface area contributed by atoms with Gasteiger partial charge in [-0.15, -0.1) is 0 Å². The molecular formula is C20H12BrFN2O. The summed E-state index contributed by atoms with van der Waals surface area (Å²) in [6.07, 6.45) is 1.68. The van der Waals surface area contributed by atoms with Gasteiger partial charge < -0.3 is 5.32 Å². The van der Waals surface area contributed by atoms with Crippen molar-refractivity contribution in [3.8, 4) is 11.8 Å². The minimum atomic E-state index is -0.407. The van der Waals surface area contributed by atoms with Crippen molar-refractivity contribution in [3.05, 3.63) is 94.0 Å². The summed E-state index contributed by atoms with van der Waals surface area (Å²) in [5.74, 6) is 5.24. The van der Waals surface area contributed by atoms with Crippen LogP contribution in [0.4, 0.5) is 10.1 Å². The quantitative estimate of drug-likeness (QED) is 0.643. The van der Waals surface area contributed by atoms with E-state index < -0.39 is 5.82 Å². The average molecular weight is 395 g/mol. The highest BCUT2D eigenvalue weighted by atomic mass is 79.9. The van der Waals surface area contributed by atoms with Gasteiger partial charge in [0.25, 0.3) is 5.91 Å². The Morgan fingerprint density at radius 1 is 1.04 bits per heavy atom. The third-order valence-electron chi connectivity index (χ3n) is 3.30. The lowest BCUT2D eigenvalue weighted by Crippen LogP contribution is -2.12. The summed E-state index contributed by atoms with van der Waals surface area (Å²) in [7, 11) is 0. The summed E-state index contributed by atoms with van der Waals surface area (Å²) in [6, 6.07) is 16.6. The molecule has 0 fully saturated rings. The number of benzene rings is 2. The first-order valence-electron chi connectivity index (χ1n) is 7.41. The maximum absolute atomic E-state index is 13.1. The van der Waals surface area contributed by atoms with Crippen molar-refractivity contribution in [3.63, 3.8) is 0 Å². The number of rotatable bonds is 2. The largest absolute Gasteiger partial charge is 0.322 e. The highest BCUT2D eigenvalue weighted by Crippen LogP contribution is 2.20. The monoisotopic (exact) mass is 394 g/mol. The van der Waals surface area contributed by atoms with Gasteiger partial charge in [0, 0.05) is 21.9 Å². The second-order valence-corrected chi connectivity index (χ2v) is 5.98. The Kier molecular flexibility index (Phi) is 5.22. The van der Waals surface area contributed by atoms with Crippen LogP contribution >= 0.6 is 15.9 Å². The van der Waals surface area contributed by atoms with Crippen molar-refractivity contribution in [2.24, 2.45) is 0 Å². The first-order chi connectivity index (χ1) is 12.1. The molecule has 0 aliphatic heterocycles. The van der Waals surface area contributed by atoms with Crippen LogP contribution in [0, 0.1) is 17.7 Å². The van der Waals surface area contributed by atoms with E-state index in [2.05, 4.69) is 38.1 Å². The van der Waals surface area contributed by atoms with Crippen LogP contribution in [0.5, 0.6) is 0 Å². The topological polar surface area (TPSA) is 42.0 Å². The first-order valence-corrected chi connectivity index (χ1v) is 8.20. The number of hydrogen-bond donors (Lipinski definition) is 1. The van der Waals surface area contributed by atoms with Gasteiger partial charge in [-0.1, -0.05) is 18.1 Å². The van der Waals surface area contributed by atoms with E-state index in [0.717, 1.165) is 5.56 Å². The lowest BCUT2D eigenvalue weighted by Gasteiger charge is -2.07. The van der Waals surface area contributed by atoms with E-state index in [1.807, 2.05) is 24.3 Å². The zero-order valence-corrected chi connectivity index (χ0v) is 14.5. The van der Waals surface area contributed by atoms with Crippen molar-refractivity contribution in [1.29, 1.82) is 0 Å². The molecule has 0 unspecified atom stereocenters. The molecular weight excluding hydrogens is 383 g/mol. The molecule has 0 radical (unpaired) electrons. The number of anilines is 1. The minimum Gasteiger partial charge on any atom is -0.322 e. The predicted octanol–water partition coefficient (Wildman–Crippen LogP) is 4.64. The Labute approximate surface area is 153 Å². The number of nitrogens with zero attached hydrogens (tertiary/aromatic N) is 1. The fraction of sp³-hybridized carbons (Fsp3) is 0. The van der Waals surface area contributed by atoms with Crippen LogP contribution in [-0.2, 0) is 0 Å². The van der Waals surface area contributed by atoms with Crippen LogP contribution < -0.4 is 5.32 Å². The number of hydrogen-bond acceptors (Lipinski definition) is 2. The Morgan fingerprint density at radius 2 is 1.92 bits per heavy atom. The summed E-state index contributed by atoms with van der Waals surface area (Å²) in [5.41, 5.74) is 2.38. The molecule has 2 aromatic carbocycles. The predicted molar refractivity (Wildman–Crippen MR) is 98.7 cm³/mol. The zero-order chi connectivity index (χ0) is 17.6. The van der Waals surface area contributed by atoms with Crippen LogP contribution in [-0.4, -0.2) is 10.9 Å². The highest BCUT2D eigenvalue weighted by Gasteiger charge is 2.11. The summed E-state index contributed by atoms with van der Waals surface area (Å²) < 4.78 is 13.5. The third kappa shape index (κ3) is 4.52. The molecule has 0 saturated carbocycles. The molecule has 0 atom stereocenters. The van der Waals surface area contributed by atoms with Gasteiger partial charge in [0.1, 0.15) is 11.5 Å². The summed E-state index contributed by atoms with van der Waals surface area (Å²) in [6.45, 7) is 0. The lowest BCUT2D eigenvalue weighted by molar-refractivity contribution is 0.102. The van der Waals surface area contributed by atoms with Crippen LogP contribution in [0.1, 0.15) is 21.6 Å². The molecule has 1 aromatic heterocycles. The molecule has 0 aliphatic rings. The molecule has 1 amide bonds. The molecule has 0 saturated heterocycles. The standard InChI is InChI=1S/C20H12BrFN2O/c21-19-13-15(22)8-10-18(19)20(25)24-17-6-3-4-14(12-17)7-9-16-5-1-2-11-23-16/h1-6,8,10-13H,(H,24,25). The maximum atomic E-state index is 13.1. The van der Waals surface area contributed by atoms with Crippen LogP contribution in [0.2, 0.25) is 0 Å².